The maximum absolute atomic E-state index is 7.02. The summed E-state index contributed by atoms with van der Waals surface area (Å²) in [4.78, 5) is 0. The Balaban J connectivity index is 0.973. The Kier molecular flexibility index (Phi) is 7.25. The molecule has 10 aromatic rings. The molecule has 0 spiro atoms. The summed E-state index contributed by atoms with van der Waals surface area (Å²) < 4.78 is 33.0. The zero-order chi connectivity index (χ0) is 36.0. The lowest BCUT2D eigenvalue weighted by Crippen LogP contribution is -2.51. The van der Waals surface area contributed by atoms with Crippen LogP contribution in [0.3, 0.4) is 0 Å². The van der Waals surface area contributed by atoms with Gasteiger partial charge in [0, 0.05) is 47.7 Å². The molecule has 0 radical (unpaired) electrons. The first-order valence-electron chi connectivity index (χ1n) is 19.1. The van der Waals surface area contributed by atoms with Gasteiger partial charge in [-0.3, -0.25) is 0 Å². The number of benzene rings is 8. The van der Waals surface area contributed by atoms with E-state index in [1.807, 2.05) is 0 Å². The number of hydrogen-bond acceptors (Lipinski definition) is 6. The maximum Gasteiger partial charge on any atom is 0.309 e. The maximum atomic E-state index is 7.02. The average Bonchev–Trinajstić information content (AvgIpc) is 3.52. The van der Waals surface area contributed by atoms with Gasteiger partial charge < -0.3 is 16.8 Å². The normalized spacial score (nSPS) is 18.0. The minimum absolute atomic E-state index is 0.419. The standard InChI is InChI=1S/C47H36N2O4P2/c1-5-13-36-32(9-1)17-21-40-44(36)45-37-14-6-2-10-33(37)18-22-41(45)51-54(50-40)48-26-30-25-31(27-48)29-49(28-30)55-52-42-23-19-34-11-3-7-15-38(34)46(42)47-39-16-8-4-12-35(39)20-24-43(47)53-55/h1-24,30-31H,25-29H2. The minimum Gasteiger partial charge on any atom is -0.408 e. The van der Waals surface area contributed by atoms with Crippen LogP contribution in [0.5, 0.6) is 0 Å². The molecule has 0 atom stereocenters. The smallest absolute Gasteiger partial charge is 0.309 e. The van der Waals surface area contributed by atoms with Gasteiger partial charge in [0.15, 0.2) is 0 Å². The van der Waals surface area contributed by atoms with Crippen LogP contribution in [0.2, 0.25) is 0 Å². The van der Waals surface area contributed by atoms with Crippen molar-refractivity contribution in [3.8, 4) is 0 Å². The van der Waals surface area contributed by atoms with Gasteiger partial charge in [-0.2, -0.15) is 0 Å². The van der Waals surface area contributed by atoms with Gasteiger partial charge in [-0.25, -0.2) is 9.34 Å². The first kappa shape index (κ1) is 31.8. The molecule has 0 saturated carbocycles. The second-order valence-corrected chi connectivity index (χ2v) is 18.0. The third-order valence-corrected chi connectivity index (χ3v) is 14.8. The van der Waals surface area contributed by atoms with Gasteiger partial charge in [-0.15, -0.1) is 0 Å². The largest absolute Gasteiger partial charge is 0.408 e. The highest BCUT2D eigenvalue weighted by Crippen LogP contribution is 2.47. The quantitative estimate of drug-likeness (QED) is 0.175. The van der Waals surface area contributed by atoms with Crippen LogP contribution in [0.25, 0.3) is 87.0 Å². The molecule has 0 amide bonds. The van der Waals surface area contributed by atoms with Crippen molar-refractivity contribution in [2.75, 3.05) is 35.5 Å². The Morgan fingerprint density at radius 2 is 0.618 bits per heavy atom. The average molecular weight is 755 g/mol. The number of piperidine rings is 2. The van der Waals surface area contributed by atoms with Crippen molar-refractivity contribution in [2.24, 2.45) is 11.8 Å². The summed E-state index contributed by atoms with van der Waals surface area (Å²) in [6.07, 6.45) is 1.17. The van der Waals surface area contributed by atoms with Gasteiger partial charge in [0.25, 0.3) is 0 Å². The molecule has 268 valence electrons. The van der Waals surface area contributed by atoms with Crippen LogP contribution in [-0.4, -0.2) is 26.2 Å². The molecule has 2 aliphatic rings. The SMILES string of the molecule is c1ccc2c(c1)ccc1op(N3CC4CC(C3)CN(p3oc5ccc6ccccc6c5c5c(ccc6ccccc65)o3)C4)oc3ccc4ccccc4c3c12. The molecule has 2 aromatic heterocycles. The summed E-state index contributed by atoms with van der Waals surface area (Å²) in [6.45, 7) is 3.54. The first-order chi connectivity index (χ1) is 27.2. The Bertz CT molecular complexity index is 2840. The molecule has 8 aromatic carbocycles. The summed E-state index contributed by atoms with van der Waals surface area (Å²) in [5.41, 5.74) is 3.55. The zero-order valence-corrected chi connectivity index (χ0v) is 31.8. The number of nitrogens with zero attached hydrogens (tertiary/aromatic N) is 2. The van der Waals surface area contributed by atoms with Crippen molar-refractivity contribution in [2.45, 2.75) is 6.42 Å². The highest BCUT2D eigenvalue weighted by atomic mass is 31.1. The molecule has 2 bridgehead atoms. The fourth-order valence-corrected chi connectivity index (χ4v) is 12.7. The zero-order valence-electron chi connectivity index (χ0n) is 30.0. The van der Waals surface area contributed by atoms with Gasteiger partial charge in [0.2, 0.25) is 0 Å². The van der Waals surface area contributed by atoms with E-state index in [1.54, 1.807) is 0 Å². The second kappa shape index (κ2) is 12.5. The van der Waals surface area contributed by atoms with Gasteiger partial charge >= 0.3 is 16.3 Å². The van der Waals surface area contributed by atoms with Gasteiger partial charge in [-0.05, 0) is 85.6 Å². The van der Waals surface area contributed by atoms with Gasteiger partial charge in [0.05, 0.1) is 0 Å². The summed E-state index contributed by atoms with van der Waals surface area (Å²) in [6, 6.07) is 51.7. The van der Waals surface area contributed by atoms with E-state index in [2.05, 4.69) is 155 Å². The van der Waals surface area contributed by atoms with Crippen LogP contribution in [0.15, 0.2) is 162 Å². The summed E-state index contributed by atoms with van der Waals surface area (Å²) in [5, 5.41) is 14.0. The van der Waals surface area contributed by atoms with Crippen LogP contribution < -0.4 is 9.34 Å². The van der Waals surface area contributed by atoms with Crippen molar-refractivity contribution in [1.29, 1.82) is 0 Å². The number of hydrogen-bond donors (Lipinski definition) is 0. The predicted molar refractivity (Wildman–Crippen MR) is 230 cm³/mol. The Hall–Kier alpha value is -5.48. The molecular formula is C47H36N2O4P2. The lowest BCUT2D eigenvalue weighted by molar-refractivity contribution is 0.286. The number of rotatable bonds is 2. The van der Waals surface area contributed by atoms with Crippen LogP contribution in [0.1, 0.15) is 6.42 Å². The molecule has 6 nitrogen and oxygen atoms in total. The van der Waals surface area contributed by atoms with E-state index < -0.39 is 16.3 Å². The molecule has 2 saturated heterocycles. The van der Waals surface area contributed by atoms with Crippen molar-refractivity contribution in [3.05, 3.63) is 146 Å². The highest BCUT2D eigenvalue weighted by molar-refractivity contribution is 7.39. The Morgan fingerprint density at radius 3 is 0.909 bits per heavy atom. The van der Waals surface area contributed by atoms with Gasteiger partial charge in [0.1, 0.15) is 22.3 Å². The second-order valence-electron chi connectivity index (χ2n) is 15.2. The molecule has 0 N–H and O–H groups in total. The van der Waals surface area contributed by atoms with Crippen LogP contribution in [0.4, 0.5) is 0 Å². The fourth-order valence-electron chi connectivity index (χ4n) is 9.44. The highest BCUT2D eigenvalue weighted by Gasteiger charge is 2.38. The monoisotopic (exact) mass is 754 g/mol. The Morgan fingerprint density at radius 1 is 0.345 bits per heavy atom. The summed E-state index contributed by atoms with van der Waals surface area (Å²) in [7, 11) is -2.81. The van der Waals surface area contributed by atoms with E-state index in [0.29, 0.717) is 11.8 Å². The molecule has 4 heterocycles. The lowest BCUT2D eigenvalue weighted by Gasteiger charge is -2.42. The van der Waals surface area contributed by atoms with Crippen molar-refractivity contribution >= 4 is 103 Å². The lowest BCUT2D eigenvalue weighted by atomic mass is 9.87. The molecule has 55 heavy (non-hydrogen) atoms. The van der Waals surface area contributed by atoms with Crippen LogP contribution in [0, 0.1) is 11.8 Å². The van der Waals surface area contributed by atoms with E-state index in [1.165, 1.54) is 49.5 Å². The molecule has 0 aliphatic carbocycles. The van der Waals surface area contributed by atoms with Crippen molar-refractivity contribution < 1.29 is 16.8 Å². The van der Waals surface area contributed by atoms with Crippen molar-refractivity contribution in [3.63, 3.8) is 0 Å². The summed E-state index contributed by atoms with van der Waals surface area (Å²) in [5.74, 6) is 0.838. The molecular weight excluding hydrogens is 718 g/mol. The van der Waals surface area contributed by atoms with E-state index in [0.717, 1.165) is 70.1 Å². The third-order valence-electron chi connectivity index (χ3n) is 11.8. The molecule has 8 heteroatoms. The molecule has 2 aliphatic heterocycles. The number of fused-ring (bicyclic) bond motifs is 16. The molecule has 12 rings (SSSR count). The minimum atomic E-state index is -1.40. The van der Waals surface area contributed by atoms with Crippen LogP contribution in [-0.2, 0) is 0 Å². The fraction of sp³-hybridized carbons (Fsp3) is 0.149. The van der Waals surface area contributed by atoms with Gasteiger partial charge in [-0.1, -0.05) is 121 Å². The van der Waals surface area contributed by atoms with E-state index in [9.17, 15) is 0 Å². The Labute approximate surface area is 318 Å². The van der Waals surface area contributed by atoms with Crippen LogP contribution >= 0.6 is 16.3 Å². The molecule has 0 unspecified atom stereocenters. The van der Waals surface area contributed by atoms with E-state index in [4.69, 9.17) is 16.8 Å². The topological polar surface area (TPSA) is 59.0 Å². The third kappa shape index (κ3) is 5.17. The van der Waals surface area contributed by atoms with E-state index >= 15 is 0 Å². The first-order valence-corrected chi connectivity index (χ1v) is 21.4. The van der Waals surface area contributed by atoms with Crippen molar-refractivity contribution in [1.82, 2.24) is 0 Å². The molecule has 2 fully saturated rings. The summed E-state index contributed by atoms with van der Waals surface area (Å²) >= 11 is 0. The predicted octanol–water partition coefficient (Wildman–Crippen LogP) is 13.7. The van der Waals surface area contributed by atoms with E-state index in [-0.39, 0.29) is 0 Å².